The molecule has 10 atom stereocenters. The second-order valence-electron chi connectivity index (χ2n) is 22.6. The van der Waals surface area contributed by atoms with Crippen LogP contribution in [0.3, 0.4) is 0 Å². The Bertz CT molecular complexity index is 3140. The predicted octanol–water partition coefficient (Wildman–Crippen LogP) is 4.04. The van der Waals surface area contributed by atoms with Gasteiger partial charge < -0.3 is 41.7 Å². The minimum Gasteiger partial charge on any atom is -0.347 e. The number of likely N-dealkylation sites (tertiary alicyclic amines) is 2. The van der Waals surface area contributed by atoms with Gasteiger partial charge in [0.1, 0.15) is 24.2 Å². The Morgan fingerprint density at radius 3 is 1.46 bits per heavy atom. The number of unbranched alkanes of at least 4 members (excludes halogenated alkanes) is 3. The summed E-state index contributed by atoms with van der Waals surface area (Å²) in [6.45, 7) is 3.24. The average molecular weight is 1180 g/mol. The molecule has 8 N–H and O–H groups in total. The first-order valence-electron chi connectivity index (χ1n) is 29.3. The van der Waals surface area contributed by atoms with Crippen molar-refractivity contribution in [1.82, 2.24) is 51.1 Å². The molecule has 4 aromatic rings. The summed E-state index contributed by atoms with van der Waals surface area (Å²) in [4.78, 5) is 89.1. The van der Waals surface area contributed by atoms with Crippen LogP contribution < -0.4 is 41.3 Å². The molecule has 0 radical (unpaired) electrons. The van der Waals surface area contributed by atoms with Gasteiger partial charge in [0.2, 0.25) is 55.5 Å². The van der Waals surface area contributed by atoms with E-state index in [2.05, 4.69) is 47.4 Å². The molecular formula is C61H82N10O10S2. The van der Waals surface area contributed by atoms with Gasteiger partial charge in [0.05, 0.1) is 34.0 Å². The van der Waals surface area contributed by atoms with Crippen LogP contribution in [0.2, 0.25) is 0 Å². The Morgan fingerprint density at radius 1 is 0.542 bits per heavy atom. The molecule has 10 unspecified atom stereocenters. The van der Waals surface area contributed by atoms with E-state index in [-0.39, 0.29) is 73.1 Å². The van der Waals surface area contributed by atoms with E-state index in [1.807, 2.05) is 42.5 Å². The molecule has 20 nitrogen and oxygen atoms in total. The summed E-state index contributed by atoms with van der Waals surface area (Å²) in [7, 11) is -4.69. The first-order chi connectivity index (χ1) is 39.9. The van der Waals surface area contributed by atoms with Crippen LogP contribution in [-0.4, -0.2) is 138 Å². The summed E-state index contributed by atoms with van der Waals surface area (Å²) in [5, 5.41) is 18.1. The normalized spacial score (nSPS) is 22.0. The van der Waals surface area contributed by atoms with Gasteiger partial charge in [0.15, 0.2) is 0 Å². The Kier molecular flexibility index (Phi) is 21.7. The molecule has 2 aliphatic carbocycles. The monoisotopic (exact) mass is 1180 g/mol. The van der Waals surface area contributed by atoms with Crippen molar-refractivity contribution in [3.05, 3.63) is 131 Å². The van der Waals surface area contributed by atoms with E-state index >= 15 is 0 Å². The lowest BCUT2D eigenvalue weighted by Crippen LogP contribution is -2.56. The molecule has 0 spiro atoms. The van der Waals surface area contributed by atoms with Crippen LogP contribution in [0.1, 0.15) is 125 Å². The zero-order valence-corrected chi connectivity index (χ0v) is 49.6. The number of carbonyl (C=O) groups is 6. The number of likely N-dealkylation sites (N-methyl/N-ethyl adjacent to an activating group) is 2. The Hall–Kier alpha value is -6.56. The van der Waals surface area contributed by atoms with Crippen molar-refractivity contribution in [2.75, 3.05) is 33.7 Å². The zero-order valence-electron chi connectivity index (χ0n) is 48.0. The molecule has 2 aliphatic heterocycles. The van der Waals surface area contributed by atoms with E-state index in [1.165, 1.54) is 34.1 Å². The topological polar surface area (TPSA) is 273 Å². The molecule has 8 rings (SSSR count). The standard InChI is InChI=1S/C61H82N10O10S2/c1-40(62-3)56(72)67-52(60(76)70-38-42(37-64-82(78,79)46-25-9-7-10-26-46)35-54(70)58(74)65-50-33-19-23-43-21-15-17-29-48(43)50)31-13-5-6-14-32-53(68-57(73)41(2)63-4)61(77)71-39-45(69-83(80,81)47-27-11-8-12-28-47)36-55(71)59(75)66-51-34-20-24-44-22-16-18-30-49(44)51/h7-12,15-18,21-22,25-30,40-42,45,50-55,62-64,69H,5-6,13-14,19-20,23-24,31-39H2,1-4H3,(H,65,74)(H,66,75)(H,67,72)(H,68,73). The van der Waals surface area contributed by atoms with E-state index in [0.717, 1.165) is 47.9 Å². The Morgan fingerprint density at radius 2 is 0.976 bits per heavy atom. The minimum absolute atomic E-state index is 0.000711. The number of rotatable bonds is 26. The summed E-state index contributed by atoms with van der Waals surface area (Å²) in [5.74, 6) is -3.06. The van der Waals surface area contributed by atoms with Gasteiger partial charge in [-0.25, -0.2) is 26.3 Å². The fourth-order valence-electron chi connectivity index (χ4n) is 11.9. The number of fused-ring (bicyclic) bond motifs is 2. The third-order valence-corrected chi connectivity index (χ3v) is 19.8. The molecule has 4 aliphatic rings. The third kappa shape index (κ3) is 16.0. The number of amides is 6. The van der Waals surface area contributed by atoms with Gasteiger partial charge in [0, 0.05) is 25.7 Å². The van der Waals surface area contributed by atoms with Crippen molar-refractivity contribution in [2.45, 2.75) is 168 Å². The molecule has 448 valence electrons. The Balaban J connectivity index is 0.963. The molecule has 83 heavy (non-hydrogen) atoms. The van der Waals surface area contributed by atoms with E-state index in [1.54, 1.807) is 64.3 Å². The van der Waals surface area contributed by atoms with Crippen LogP contribution in [-0.2, 0) is 61.7 Å². The van der Waals surface area contributed by atoms with Gasteiger partial charge >= 0.3 is 0 Å². The maximum absolute atomic E-state index is 15.0. The lowest BCUT2D eigenvalue weighted by Gasteiger charge is -2.32. The van der Waals surface area contributed by atoms with Crippen LogP contribution in [0.15, 0.2) is 119 Å². The van der Waals surface area contributed by atoms with Crippen LogP contribution in [0.4, 0.5) is 0 Å². The van der Waals surface area contributed by atoms with E-state index in [9.17, 15) is 45.6 Å². The number of nitrogens with one attached hydrogen (secondary N) is 8. The van der Waals surface area contributed by atoms with Gasteiger partial charge in [0.25, 0.3) is 0 Å². The van der Waals surface area contributed by atoms with Crippen molar-refractivity contribution in [3.63, 3.8) is 0 Å². The summed E-state index contributed by atoms with van der Waals surface area (Å²) >= 11 is 0. The van der Waals surface area contributed by atoms with Crippen LogP contribution in [0.5, 0.6) is 0 Å². The fourth-order valence-corrected chi connectivity index (χ4v) is 14.3. The number of nitrogens with zero attached hydrogens (tertiary/aromatic N) is 2. The second kappa shape index (κ2) is 28.8. The average Bonchev–Trinajstić information content (AvgIpc) is 4.36. The summed E-state index contributed by atoms with van der Waals surface area (Å²) < 4.78 is 59.4. The molecular weight excluding hydrogens is 1100 g/mol. The first-order valence-corrected chi connectivity index (χ1v) is 32.3. The highest BCUT2D eigenvalue weighted by Gasteiger charge is 2.46. The van der Waals surface area contributed by atoms with E-state index in [0.29, 0.717) is 38.5 Å². The van der Waals surface area contributed by atoms with Crippen molar-refractivity contribution < 1.29 is 45.6 Å². The highest BCUT2D eigenvalue weighted by Crippen LogP contribution is 2.33. The number of carbonyl (C=O) groups excluding carboxylic acids is 6. The molecule has 6 amide bonds. The minimum atomic E-state index is -4.04. The van der Waals surface area contributed by atoms with E-state index in [4.69, 9.17) is 0 Å². The van der Waals surface area contributed by atoms with Gasteiger partial charge in [-0.2, -0.15) is 0 Å². The first kappa shape index (κ1) is 62.5. The molecule has 2 heterocycles. The fraction of sp³-hybridized carbons (Fsp3) is 0.508. The summed E-state index contributed by atoms with van der Waals surface area (Å²) in [6, 6.07) is 24.8. The smallest absolute Gasteiger partial charge is 0.245 e. The number of hydrogen-bond donors (Lipinski definition) is 8. The highest BCUT2D eigenvalue weighted by molar-refractivity contribution is 7.89. The van der Waals surface area contributed by atoms with Crippen LogP contribution in [0, 0.1) is 5.92 Å². The highest BCUT2D eigenvalue weighted by atomic mass is 32.2. The molecule has 0 bridgehead atoms. The maximum Gasteiger partial charge on any atom is 0.245 e. The molecule has 0 aromatic heterocycles. The summed E-state index contributed by atoms with van der Waals surface area (Å²) in [5.41, 5.74) is 4.30. The van der Waals surface area contributed by atoms with E-state index < -0.39 is 97.8 Å². The quantitative estimate of drug-likeness (QED) is 0.0414. The van der Waals surface area contributed by atoms with Crippen molar-refractivity contribution in [1.29, 1.82) is 0 Å². The zero-order chi connectivity index (χ0) is 59.3. The molecule has 2 saturated heterocycles. The largest absolute Gasteiger partial charge is 0.347 e. The van der Waals surface area contributed by atoms with Gasteiger partial charge in [-0.15, -0.1) is 0 Å². The second-order valence-corrected chi connectivity index (χ2v) is 26.1. The van der Waals surface area contributed by atoms with Crippen molar-refractivity contribution in [2.24, 2.45) is 5.92 Å². The number of benzene rings is 4. The van der Waals surface area contributed by atoms with Gasteiger partial charge in [-0.3, -0.25) is 28.8 Å². The third-order valence-electron chi connectivity index (χ3n) is 16.8. The SMILES string of the molecule is CNC(C)C(=O)NC(CCCCCCC(NC(=O)C(C)NC)C(=O)N1CC(NS(=O)(=O)c2ccccc2)CC1C(=O)NC1CCCc2ccccc21)C(=O)N1CC(CNS(=O)(=O)c2ccccc2)CC1C(=O)NC1CCCc2ccccc21. The molecule has 2 fully saturated rings. The molecule has 4 aromatic carbocycles. The summed E-state index contributed by atoms with van der Waals surface area (Å²) in [6.07, 6.45) is 7.39. The number of aryl methyl sites for hydroxylation is 2. The Labute approximate surface area is 488 Å². The van der Waals surface area contributed by atoms with Crippen LogP contribution in [0.25, 0.3) is 0 Å². The van der Waals surface area contributed by atoms with Crippen LogP contribution >= 0.6 is 0 Å². The molecule has 0 saturated carbocycles. The molecule has 22 heteroatoms. The predicted molar refractivity (Wildman–Crippen MR) is 315 cm³/mol. The van der Waals surface area contributed by atoms with Crippen molar-refractivity contribution >= 4 is 55.5 Å². The van der Waals surface area contributed by atoms with Gasteiger partial charge in [-0.1, -0.05) is 111 Å². The van der Waals surface area contributed by atoms with Crippen molar-refractivity contribution in [3.8, 4) is 0 Å². The maximum atomic E-state index is 15.0. The lowest BCUT2D eigenvalue weighted by molar-refractivity contribution is -0.142. The van der Waals surface area contributed by atoms with Gasteiger partial charge in [-0.05, 0) is 145 Å². The number of sulfonamides is 2. The number of hydrogen-bond acceptors (Lipinski definition) is 12. The lowest BCUT2D eigenvalue weighted by atomic mass is 9.87.